The third-order valence-electron chi connectivity index (χ3n) is 3.81. The van der Waals surface area contributed by atoms with E-state index >= 15 is 0 Å². The van der Waals surface area contributed by atoms with E-state index in [9.17, 15) is 13.5 Å². The minimum Gasteiger partial charge on any atom is -0.393 e. The second-order valence-electron chi connectivity index (χ2n) is 5.49. The number of hydrogen-bond donors (Lipinski definition) is 2. The third-order valence-corrected chi connectivity index (χ3v) is 5.34. The molecule has 1 aromatic carbocycles. The predicted octanol–water partition coefficient (Wildman–Crippen LogP) is 1.82. The highest BCUT2D eigenvalue weighted by atomic mass is 32.2. The maximum Gasteiger partial charge on any atom is 0.240 e. The van der Waals surface area contributed by atoms with Crippen molar-refractivity contribution < 1.29 is 13.5 Å². The SMILES string of the molecule is Cc1ccc(S(=O)(=O)N[C@@H]2CC[C@@H](C)[C@H](O)C2)cc1. The molecule has 0 spiro atoms. The van der Waals surface area contributed by atoms with Crippen LogP contribution in [0.3, 0.4) is 0 Å². The fraction of sp³-hybridized carbons (Fsp3) is 0.571. The van der Waals surface area contributed by atoms with Crippen LogP contribution in [0, 0.1) is 12.8 Å². The van der Waals surface area contributed by atoms with Gasteiger partial charge < -0.3 is 5.11 Å². The molecular weight excluding hydrogens is 262 g/mol. The third kappa shape index (κ3) is 3.55. The Morgan fingerprint density at radius 2 is 1.84 bits per heavy atom. The van der Waals surface area contributed by atoms with Gasteiger partial charge in [-0.1, -0.05) is 24.6 Å². The molecule has 0 aliphatic heterocycles. The molecule has 1 aromatic rings. The smallest absolute Gasteiger partial charge is 0.240 e. The molecule has 1 aliphatic rings. The highest BCUT2D eigenvalue weighted by Gasteiger charge is 2.29. The number of aryl methyl sites for hydroxylation is 1. The van der Waals surface area contributed by atoms with Crippen LogP contribution in [0.5, 0.6) is 0 Å². The minimum absolute atomic E-state index is 0.169. The van der Waals surface area contributed by atoms with Gasteiger partial charge in [0, 0.05) is 6.04 Å². The van der Waals surface area contributed by atoms with Crippen LogP contribution in [0.4, 0.5) is 0 Å². The summed E-state index contributed by atoms with van der Waals surface area (Å²) in [5.74, 6) is 0.250. The Bertz CT molecular complexity index is 524. The van der Waals surface area contributed by atoms with Crippen LogP contribution in [0.15, 0.2) is 29.2 Å². The molecular formula is C14H21NO3S. The summed E-state index contributed by atoms with van der Waals surface area (Å²) >= 11 is 0. The monoisotopic (exact) mass is 283 g/mol. The first kappa shape index (κ1) is 14.5. The molecule has 2 rings (SSSR count). The van der Waals surface area contributed by atoms with E-state index in [-0.39, 0.29) is 16.9 Å². The quantitative estimate of drug-likeness (QED) is 0.889. The zero-order valence-corrected chi connectivity index (χ0v) is 12.2. The normalized spacial score (nSPS) is 28.3. The molecule has 0 bridgehead atoms. The lowest BCUT2D eigenvalue weighted by atomic mass is 9.85. The molecule has 0 saturated heterocycles. The molecule has 0 radical (unpaired) electrons. The van der Waals surface area contributed by atoms with Gasteiger partial charge in [-0.05, 0) is 44.2 Å². The van der Waals surface area contributed by atoms with Gasteiger partial charge >= 0.3 is 0 Å². The van der Waals surface area contributed by atoms with Crippen LogP contribution in [0.1, 0.15) is 31.7 Å². The van der Waals surface area contributed by atoms with Crippen LogP contribution in [0.25, 0.3) is 0 Å². The topological polar surface area (TPSA) is 66.4 Å². The van der Waals surface area contributed by atoms with Crippen molar-refractivity contribution in [2.24, 2.45) is 5.92 Å². The van der Waals surface area contributed by atoms with Gasteiger partial charge in [-0.15, -0.1) is 0 Å². The summed E-state index contributed by atoms with van der Waals surface area (Å²) in [6, 6.07) is 6.62. The standard InChI is InChI=1S/C14H21NO3S/c1-10-3-7-13(8-4-10)19(17,18)15-12-6-5-11(2)14(16)9-12/h3-4,7-8,11-12,14-16H,5-6,9H2,1-2H3/t11-,12-,14-/m1/s1. The van der Waals surface area contributed by atoms with Crippen molar-refractivity contribution in [3.63, 3.8) is 0 Å². The van der Waals surface area contributed by atoms with E-state index in [1.165, 1.54) is 0 Å². The lowest BCUT2D eigenvalue weighted by Crippen LogP contribution is -2.42. The minimum atomic E-state index is -3.48. The number of hydrogen-bond acceptors (Lipinski definition) is 3. The van der Waals surface area contributed by atoms with Gasteiger partial charge in [-0.2, -0.15) is 0 Å². The molecule has 106 valence electrons. The summed E-state index contributed by atoms with van der Waals surface area (Å²) in [6.45, 7) is 3.91. The van der Waals surface area contributed by atoms with Crippen LogP contribution >= 0.6 is 0 Å². The van der Waals surface area contributed by atoms with E-state index in [2.05, 4.69) is 4.72 Å². The van der Waals surface area contributed by atoms with E-state index in [0.717, 1.165) is 18.4 Å². The van der Waals surface area contributed by atoms with Crippen molar-refractivity contribution in [1.82, 2.24) is 4.72 Å². The largest absolute Gasteiger partial charge is 0.393 e. The van der Waals surface area contributed by atoms with Crippen LogP contribution in [-0.2, 0) is 10.0 Å². The van der Waals surface area contributed by atoms with Crippen LogP contribution < -0.4 is 4.72 Å². The predicted molar refractivity (Wildman–Crippen MR) is 74.3 cm³/mol. The Balaban J connectivity index is 2.07. The number of nitrogens with one attached hydrogen (secondary N) is 1. The Morgan fingerprint density at radius 1 is 1.21 bits per heavy atom. The maximum atomic E-state index is 12.2. The zero-order chi connectivity index (χ0) is 14.0. The summed E-state index contributed by atoms with van der Waals surface area (Å²) in [4.78, 5) is 0.284. The molecule has 1 saturated carbocycles. The van der Waals surface area contributed by atoms with E-state index < -0.39 is 16.1 Å². The molecule has 0 heterocycles. The Labute approximate surface area is 114 Å². The first-order valence-corrected chi connectivity index (χ1v) is 8.14. The molecule has 19 heavy (non-hydrogen) atoms. The maximum absolute atomic E-state index is 12.2. The molecule has 4 nitrogen and oxygen atoms in total. The van der Waals surface area contributed by atoms with Crippen LogP contribution in [0.2, 0.25) is 0 Å². The Morgan fingerprint density at radius 3 is 2.42 bits per heavy atom. The van der Waals surface area contributed by atoms with Gasteiger partial charge in [0.05, 0.1) is 11.0 Å². The van der Waals surface area contributed by atoms with E-state index in [4.69, 9.17) is 0 Å². The lowest BCUT2D eigenvalue weighted by Gasteiger charge is -2.31. The van der Waals surface area contributed by atoms with Crippen molar-refractivity contribution in [2.75, 3.05) is 0 Å². The number of benzene rings is 1. The first-order valence-electron chi connectivity index (χ1n) is 6.65. The van der Waals surface area contributed by atoms with Gasteiger partial charge in [0.25, 0.3) is 0 Å². The molecule has 0 amide bonds. The second-order valence-corrected chi connectivity index (χ2v) is 7.20. The summed E-state index contributed by atoms with van der Waals surface area (Å²) < 4.78 is 27.1. The molecule has 5 heteroatoms. The van der Waals surface area contributed by atoms with Crippen molar-refractivity contribution in [3.05, 3.63) is 29.8 Å². The first-order chi connectivity index (χ1) is 8.88. The van der Waals surface area contributed by atoms with E-state index in [1.807, 2.05) is 13.8 Å². The molecule has 3 atom stereocenters. The van der Waals surface area contributed by atoms with Gasteiger partial charge in [0.1, 0.15) is 0 Å². The molecule has 1 aliphatic carbocycles. The zero-order valence-electron chi connectivity index (χ0n) is 11.3. The van der Waals surface area contributed by atoms with E-state index in [0.29, 0.717) is 6.42 Å². The second kappa shape index (κ2) is 5.61. The molecule has 1 fully saturated rings. The number of sulfonamides is 1. The molecule has 0 aromatic heterocycles. The highest BCUT2D eigenvalue weighted by molar-refractivity contribution is 7.89. The van der Waals surface area contributed by atoms with Crippen molar-refractivity contribution in [3.8, 4) is 0 Å². The molecule has 0 unspecified atom stereocenters. The van der Waals surface area contributed by atoms with Gasteiger partial charge in [0.2, 0.25) is 10.0 Å². The lowest BCUT2D eigenvalue weighted by molar-refractivity contribution is 0.0679. The van der Waals surface area contributed by atoms with Gasteiger partial charge in [-0.25, -0.2) is 13.1 Å². The number of aliphatic hydroxyl groups is 1. The average Bonchev–Trinajstić information content (AvgIpc) is 2.34. The summed E-state index contributed by atoms with van der Waals surface area (Å²) in [5.41, 5.74) is 1.03. The fourth-order valence-electron chi connectivity index (χ4n) is 2.41. The highest BCUT2D eigenvalue weighted by Crippen LogP contribution is 2.25. The summed E-state index contributed by atoms with van der Waals surface area (Å²) in [5, 5.41) is 9.82. The van der Waals surface area contributed by atoms with Crippen molar-refractivity contribution >= 4 is 10.0 Å². The summed E-state index contributed by atoms with van der Waals surface area (Å²) in [6.07, 6.45) is 1.71. The van der Waals surface area contributed by atoms with Crippen molar-refractivity contribution in [2.45, 2.75) is 50.2 Å². The number of rotatable bonds is 3. The summed E-state index contributed by atoms with van der Waals surface area (Å²) in [7, 11) is -3.48. The van der Waals surface area contributed by atoms with Gasteiger partial charge in [0.15, 0.2) is 0 Å². The Kier molecular flexibility index (Phi) is 4.28. The Hall–Kier alpha value is -0.910. The van der Waals surface area contributed by atoms with Crippen LogP contribution in [-0.4, -0.2) is 25.7 Å². The van der Waals surface area contributed by atoms with Gasteiger partial charge in [-0.3, -0.25) is 0 Å². The fourth-order valence-corrected chi connectivity index (χ4v) is 3.69. The van der Waals surface area contributed by atoms with E-state index in [1.54, 1.807) is 24.3 Å². The molecule has 2 N–H and O–H groups in total. The number of aliphatic hydroxyl groups excluding tert-OH is 1. The van der Waals surface area contributed by atoms with Crippen molar-refractivity contribution in [1.29, 1.82) is 0 Å². The average molecular weight is 283 g/mol.